The molecule has 0 spiro atoms. The maximum atomic E-state index is 5.94. The van der Waals surface area contributed by atoms with Crippen molar-refractivity contribution in [2.75, 3.05) is 20.8 Å². The summed E-state index contributed by atoms with van der Waals surface area (Å²) in [5, 5.41) is 0. The normalized spacial score (nSPS) is 12.0. The van der Waals surface area contributed by atoms with E-state index in [1.165, 1.54) is 11.1 Å². The lowest BCUT2D eigenvalue weighted by Crippen LogP contribution is -2.19. The van der Waals surface area contributed by atoms with Crippen molar-refractivity contribution in [1.82, 2.24) is 0 Å². The summed E-state index contributed by atoms with van der Waals surface area (Å²) in [6, 6.07) is 16.4. The van der Waals surface area contributed by atoms with Crippen LogP contribution in [0, 0.1) is 5.92 Å². The molecule has 3 heteroatoms. The van der Waals surface area contributed by atoms with E-state index in [4.69, 9.17) is 15.2 Å². The Morgan fingerprint density at radius 1 is 0.857 bits per heavy atom. The first-order chi connectivity index (χ1) is 10.2. The summed E-state index contributed by atoms with van der Waals surface area (Å²) in [6.07, 6.45) is 1.93. The van der Waals surface area contributed by atoms with Crippen LogP contribution >= 0.6 is 0 Å². The van der Waals surface area contributed by atoms with Crippen LogP contribution in [0.4, 0.5) is 0 Å². The van der Waals surface area contributed by atoms with Crippen LogP contribution in [0.25, 0.3) is 0 Å². The first-order valence-electron chi connectivity index (χ1n) is 7.21. The predicted octanol–water partition coefficient (Wildman–Crippen LogP) is 3.06. The quantitative estimate of drug-likeness (QED) is 0.850. The summed E-state index contributed by atoms with van der Waals surface area (Å²) in [7, 11) is 3.37. The fourth-order valence-electron chi connectivity index (χ4n) is 2.47. The van der Waals surface area contributed by atoms with E-state index in [0.29, 0.717) is 12.5 Å². The molecule has 2 rings (SSSR count). The largest absolute Gasteiger partial charge is 0.497 e. The number of rotatable bonds is 7. The molecule has 21 heavy (non-hydrogen) atoms. The molecule has 112 valence electrons. The van der Waals surface area contributed by atoms with Crippen LogP contribution in [0.2, 0.25) is 0 Å². The van der Waals surface area contributed by atoms with Crippen molar-refractivity contribution in [3.05, 3.63) is 59.7 Å². The Hall–Kier alpha value is -2.00. The third-order valence-corrected chi connectivity index (χ3v) is 3.68. The summed E-state index contributed by atoms with van der Waals surface area (Å²) < 4.78 is 10.5. The molecule has 2 aromatic carbocycles. The molecular formula is C18H23NO2. The smallest absolute Gasteiger partial charge is 0.119 e. The Labute approximate surface area is 126 Å². The zero-order valence-corrected chi connectivity index (χ0v) is 12.7. The fourth-order valence-corrected chi connectivity index (χ4v) is 2.47. The monoisotopic (exact) mass is 285 g/mol. The maximum absolute atomic E-state index is 5.94. The minimum absolute atomic E-state index is 0.422. The van der Waals surface area contributed by atoms with E-state index in [1.807, 2.05) is 24.3 Å². The van der Waals surface area contributed by atoms with Crippen LogP contribution < -0.4 is 15.2 Å². The third-order valence-electron chi connectivity index (χ3n) is 3.68. The molecule has 0 saturated heterocycles. The Bertz CT molecular complexity index is 551. The van der Waals surface area contributed by atoms with Gasteiger partial charge in [-0.15, -0.1) is 0 Å². The Kier molecular flexibility index (Phi) is 5.64. The highest BCUT2D eigenvalue weighted by atomic mass is 16.5. The summed E-state index contributed by atoms with van der Waals surface area (Å²) in [4.78, 5) is 0. The van der Waals surface area contributed by atoms with Gasteiger partial charge in [-0.25, -0.2) is 0 Å². The molecule has 0 aromatic heterocycles. The first-order valence-corrected chi connectivity index (χ1v) is 7.21. The van der Waals surface area contributed by atoms with Crippen LogP contribution in [-0.4, -0.2) is 20.8 Å². The lowest BCUT2D eigenvalue weighted by molar-refractivity contribution is 0.413. The average Bonchev–Trinajstić information content (AvgIpc) is 2.55. The SMILES string of the molecule is COc1ccc(CC(CN)Cc2cccc(OC)c2)cc1. The van der Waals surface area contributed by atoms with E-state index in [0.717, 1.165) is 24.3 Å². The van der Waals surface area contributed by atoms with Crippen molar-refractivity contribution in [3.63, 3.8) is 0 Å². The minimum atomic E-state index is 0.422. The van der Waals surface area contributed by atoms with Crippen molar-refractivity contribution in [1.29, 1.82) is 0 Å². The predicted molar refractivity (Wildman–Crippen MR) is 85.9 cm³/mol. The van der Waals surface area contributed by atoms with Gasteiger partial charge in [-0.2, -0.15) is 0 Å². The molecule has 1 unspecified atom stereocenters. The molecule has 0 heterocycles. The van der Waals surface area contributed by atoms with Crippen molar-refractivity contribution in [2.45, 2.75) is 12.8 Å². The highest BCUT2D eigenvalue weighted by Gasteiger charge is 2.10. The first kappa shape index (κ1) is 15.4. The number of hydrogen-bond acceptors (Lipinski definition) is 3. The van der Waals surface area contributed by atoms with Gasteiger partial charge in [0.2, 0.25) is 0 Å². The molecule has 0 radical (unpaired) electrons. The number of ether oxygens (including phenoxy) is 2. The Balaban J connectivity index is 2.01. The van der Waals surface area contributed by atoms with Gasteiger partial charge in [-0.1, -0.05) is 24.3 Å². The molecule has 3 nitrogen and oxygen atoms in total. The second-order valence-electron chi connectivity index (χ2n) is 5.21. The third kappa shape index (κ3) is 4.50. The molecular weight excluding hydrogens is 262 g/mol. The minimum Gasteiger partial charge on any atom is -0.497 e. The molecule has 0 saturated carbocycles. The summed E-state index contributed by atoms with van der Waals surface area (Å²) >= 11 is 0. The van der Waals surface area contributed by atoms with Crippen LogP contribution in [0.15, 0.2) is 48.5 Å². The molecule has 2 N–H and O–H groups in total. The number of hydrogen-bond donors (Lipinski definition) is 1. The van der Waals surface area contributed by atoms with E-state index >= 15 is 0 Å². The number of benzene rings is 2. The molecule has 0 aliphatic rings. The van der Waals surface area contributed by atoms with E-state index in [2.05, 4.69) is 24.3 Å². The standard InChI is InChI=1S/C18H23NO2/c1-20-17-8-6-14(7-9-17)10-16(13-19)11-15-4-3-5-18(12-15)21-2/h3-9,12,16H,10-11,13,19H2,1-2H3. The van der Waals surface area contributed by atoms with Gasteiger partial charge in [0, 0.05) is 0 Å². The molecule has 2 aromatic rings. The lowest BCUT2D eigenvalue weighted by Gasteiger charge is -2.15. The summed E-state index contributed by atoms with van der Waals surface area (Å²) in [5.74, 6) is 2.20. The van der Waals surface area contributed by atoms with E-state index in [1.54, 1.807) is 14.2 Å². The zero-order valence-electron chi connectivity index (χ0n) is 12.7. The molecule has 0 aliphatic heterocycles. The highest BCUT2D eigenvalue weighted by molar-refractivity contribution is 5.30. The topological polar surface area (TPSA) is 44.5 Å². The van der Waals surface area contributed by atoms with Gasteiger partial charge in [-0.05, 0) is 60.7 Å². The lowest BCUT2D eigenvalue weighted by atomic mass is 9.92. The fraction of sp³-hybridized carbons (Fsp3) is 0.333. The van der Waals surface area contributed by atoms with Gasteiger partial charge in [-0.3, -0.25) is 0 Å². The van der Waals surface area contributed by atoms with Gasteiger partial charge in [0.1, 0.15) is 11.5 Å². The Morgan fingerprint density at radius 3 is 2.14 bits per heavy atom. The molecule has 0 aliphatic carbocycles. The van der Waals surface area contributed by atoms with Gasteiger partial charge >= 0.3 is 0 Å². The molecule has 0 amide bonds. The van der Waals surface area contributed by atoms with E-state index < -0.39 is 0 Å². The van der Waals surface area contributed by atoms with Gasteiger partial charge in [0.05, 0.1) is 14.2 Å². The van der Waals surface area contributed by atoms with Crippen molar-refractivity contribution < 1.29 is 9.47 Å². The summed E-state index contributed by atoms with van der Waals surface area (Å²) in [5.41, 5.74) is 8.49. The van der Waals surface area contributed by atoms with Crippen LogP contribution in [0.3, 0.4) is 0 Å². The highest BCUT2D eigenvalue weighted by Crippen LogP contribution is 2.19. The number of methoxy groups -OCH3 is 2. The molecule has 0 bridgehead atoms. The summed E-state index contributed by atoms with van der Waals surface area (Å²) in [6.45, 7) is 0.670. The second-order valence-corrected chi connectivity index (χ2v) is 5.21. The van der Waals surface area contributed by atoms with Crippen molar-refractivity contribution >= 4 is 0 Å². The van der Waals surface area contributed by atoms with E-state index in [-0.39, 0.29) is 0 Å². The maximum Gasteiger partial charge on any atom is 0.119 e. The zero-order chi connectivity index (χ0) is 15.1. The Morgan fingerprint density at radius 2 is 1.52 bits per heavy atom. The molecule has 0 fully saturated rings. The number of nitrogens with two attached hydrogens (primary N) is 1. The molecule has 1 atom stereocenters. The van der Waals surface area contributed by atoms with Gasteiger partial charge in [0.15, 0.2) is 0 Å². The van der Waals surface area contributed by atoms with Gasteiger partial charge in [0.25, 0.3) is 0 Å². The van der Waals surface area contributed by atoms with Crippen LogP contribution in [0.5, 0.6) is 11.5 Å². The second kappa shape index (κ2) is 7.70. The van der Waals surface area contributed by atoms with Crippen molar-refractivity contribution in [2.24, 2.45) is 11.7 Å². The average molecular weight is 285 g/mol. The van der Waals surface area contributed by atoms with Crippen LogP contribution in [-0.2, 0) is 12.8 Å². The van der Waals surface area contributed by atoms with Crippen molar-refractivity contribution in [3.8, 4) is 11.5 Å². The van der Waals surface area contributed by atoms with Gasteiger partial charge < -0.3 is 15.2 Å². The van der Waals surface area contributed by atoms with E-state index in [9.17, 15) is 0 Å². The van der Waals surface area contributed by atoms with Crippen LogP contribution in [0.1, 0.15) is 11.1 Å².